The summed E-state index contributed by atoms with van der Waals surface area (Å²) in [5, 5.41) is 21.5. The molecule has 57 heavy (non-hydrogen) atoms. The number of phenols is 1. The Kier molecular flexibility index (Phi) is 14.3. The van der Waals surface area contributed by atoms with Crippen LogP contribution in [0.3, 0.4) is 0 Å². The number of hydrogen-bond acceptors (Lipinski definition) is 10. The minimum atomic E-state index is -5.08. The quantitative estimate of drug-likeness (QED) is 0.0781. The molecule has 4 aromatic rings. The van der Waals surface area contributed by atoms with Gasteiger partial charge in [-0.15, -0.1) is 11.3 Å². The maximum atomic E-state index is 14.2. The molecule has 1 aliphatic heterocycles. The Balaban J connectivity index is 0.000000940. The van der Waals surface area contributed by atoms with Gasteiger partial charge in [0.05, 0.1) is 27.8 Å². The number of aromatic hydroxyl groups is 1. The average Bonchev–Trinajstić information content (AvgIpc) is 3.60. The van der Waals surface area contributed by atoms with Crippen LogP contribution in [-0.2, 0) is 32.7 Å². The zero-order valence-electron chi connectivity index (χ0n) is 31.4. The van der Waals surface area contributed by atoms with E-state index in [0.29, 0.717) is 46.7 Å². The first kappa shape index (κ1) is 44.1. The highest BCUT2D eigenvalue weighted by Gasteiger charge is 2.40. The number of likely N-dealkylation sites (tertiary alicyclic amines) is 1. The molecule has 14 nitrogen and oxygen atoms in total. The van der Waals surface area contributed by atoms with Crippen LogP contribution in [0, 0.1) is 6.92 Å². The van der Waals surface area contributed by atoms with E-state index in [1.165, 1.54) is 47.0 Å². The summed E-state index contributed by atoms with van der Waals surface area (Å²) in [5.74, 6) is -2.03. The fraction of sp³-hybridized carbons (Fsp3) is 0.316. The van der Waals surface area contributed by atoms with Gasteiger partial charge in [-0.1, -0.05) is 12.1 Å². The lowest BCUT2D eigenvalue weighted by Gasteiger charge is -2.38. The number of piperidine rings is 1. The number of nitrogens with two attached hydrogens (primary N) is 1. The lowest BCUT2D eigenvalue weighted by molar-refractivity contribution is -0.918. The third kappa shape index (κ3) is 12.2. The van der Waals surface area contributed by atoms with Gasteiger partial charge in [0, 0.05) is 24.8 Å². The van der Waals surface area contributed by atoms with Gasteiger partial charge in [0.15, 0.2) is 21.8 Å². The number of ether oxygens (including phenoxy) is 2. The molecule has 19 heteroatoms. The fourth-order valence-electron chi connectivity index (χ4n) is 6.18. The normalized spacial score (nSPS) is 17.0. The molecule has 1 fully saturated rings. The molecule has 1 aromatic heterocycles. The number of anilines is 1. The number of aliphatic carboxylic acids is 1. The number of nitrogens with one attached hydrogen (secondary N) is 1. The van der Waals surface area contributed by atoms with Crippen LogP contribution in [0.4, 0.5) is 23.7 Å². The first-order chi connectivity index (χ1) is 26.7. The minimum absolute atomic E-state index is 0.0783. The van der Waals surface area contributed by atoms with Gasteiger partial charge < -0.3 is 34.1 Å². The molecule has 1 aliphatic rings. The number of nitrogens with zero attached hydrogens (tertiary/aromatic N) is 2. The number of thiophene rings is 1. The van der Waals surface area contributed by atoms with Crippen molar-refractivity contribution in [1.82, 2.24) is 0 Å². The van der Waals surface area contributed by atoms with E-state index < -0.39 is 40.2 Å². The first-order valence-electron chi connectivity index (χ1n) is 17.2. The summed E-state index contributed by atoms with van der Waals surface area (Å²) >= 11 is 1.07. The average molecular weight is 837 g/mol. The van der Waals surface area contributed by atoms with E-state index in [-0.39, 0.29) is 22.1 Å². The van der Waals surface area contributed by atoms with Crippen molar-refractivity contribution >= 4 is 50.8 Å². The number of carboxylic acid groups (broad SMARTS) is 1. The summed E-state index contributed by atoms with van der Waals surface area (Å²) < 4.78 is 75.5. The second kappa shape index (κ2) is 18.5. The molecule has 5 N–H and O–H groups in total. The van der Waals surface area contributed by atoms with Crippen LogP contribution in [0.25, 0.3) is 0 Å². The predicted molar refractivity (Wildman–Crippen MR) is 204 cm³/mol. The Bertz CT molecular complexity index is 2210. The number of quaternary nitrogens is 1. The third-order valence-corrected chi connectivity index (χ3v) is 11.6. The number of benzene rings is 3. The van der Waals surface area contributed by atoms with Crippen LogP contribution in [-0.4, -0.2) is 97.9 Å². The molecule has 306 valence electrons. The highest BCUT2D eigenvalue weighted by molar-refractivity contribution is 7.89. The van der Waals surface area contributed by atoms with Crippen molar-refractivity contribution in [2.45, 2.75) is 49.2 Å². The number of carbonyl (C=O) groups excluding carboxylic acids is 2. The van der Waals surface area contributed by atoms with Crippen LogP contribution < -0.4 is 24.7 Å². The Morgan fingerprint density at radius 3 is 2.14 bits per heavy atom. The number of phenolic OH excluding ortho intramolecular Hbond substituents is 1. The summed E-state index contributed by atoms with van der Waals surface area (Å²) in [6.07, 6.45) is -3.63. The Hall–Kier alpha value is -5.66. The Morgan fingerprint density at radius 2 is 1.60 bits per heavy atom. The van der Waals surface area contributed by atoms with Crippen molar-refractivity contribution in [1.29, 1.82) is 0 Å². The number of methoxy groups -OCH3 is 2. The summed E-state index contributed by atoms with van der Waals surface area (Å²) in [4.78, 5) is 36.2. The zero-order valence-corrected chi connectivity index (χ0v) is 33.0. The van der Waals surface area contributed by atoms with Gasteiger partial charge >= 0.3 is 28.3 Å². The molecule has 0 aliphatic carbocycles. The highest BCUT2D eigenvalue weighted by Crippen LogP contribution is 2.30. The van der Waals surface area contributed by atoms with Crippen molar-refractivity contribution in [3.8, 4) is 23.0 Å². The van der Waals surface area contributed by atoms with Crippen LogP contribution in [0.15, 0.2) is 82.4 Å². The highest BCUT2D eigenvalue weighted by atomic mass is 32.3. The molecule has 3 aromatic carbocycles. The summed E-state index contributed by atoms with van der Waals surface area (Å²) in [5.41, 5.74) is 9.67. The Labute approximate surface area is 331 Å². The third-order valence-electron chi connectivity index (χ3n) is 8.81. The molecule has 2 heterocycles. The SMILES string of the molecule is COc1ccc(C[N+]2(C)CCC/C(=[N+](\C(=O)Nc3ccc(OS(=O)(=O)c4cc(C)cs4)cc3)[C@@H](Cc3ccc(O)cc3)C(N)=O)C2)cc1OC.O=C(O)C(F)(F)F. The molecule has 1 unspecified atom stereocenters. The van der Waals surface area contributed by atoms with Crippen LogP contribution in [0.5, 0.6) is 23.0 Å². The maximum Gasteiger partial charge on any atom is 0.496 e. The molecule has 1 saturated heterocycles. The molecule has 0 spiro atoms. The molecule has 0 saturated carbocycles. The van der Waals surface area contributed by atoms with Crippen LogP contribution >= 0.6 is 11.3 Å². The second-order valence-electron chi connectivity index (χ2n) is 13.4. The lowest BCUT2D eigenvalue weighted by Crippen LogP contribution is -2.56. The van der Waals surface area contributed by atoms with E-state index in [1.54, 1.807) is 38.7 Å². The fourth-order valence-corrected chi connectivity index (χ4v) is 8.29. The molecular weight excluding hydrogens is 794 g/mol. The monoisotopic (exact) mass is 836 g/mol. The van der Waals surface area contributed by atoms with Crippen molar-refractivity contribution in [3.63, 3.8) is 0 Å². The van der Waals surface area contributed by atoms with Crippen LogP contribution in [0.1, 0.15) is 29.5 Å². The number of hydrogen-bond donors (Lipinski definition) is 4. The van der Waals surface area contributed by atoms with Gasteiger partial charge in [-0.3, -0.25) is 4.79 Å². The molecule has 2 atom stereocenters. The standard InChI is InChI=1S/C36H40N4O8S2.C2HF3O2/c1-24-18-34(49-23-24)50(44,45)48-30-14-10-27(11-15-30)38-36(43)39(31(35(37)42)19-25-7-12-29(41)13-8-25)28-6-5-17-40(2,22-28)21-26-9-16-32(46-3)33(20-26)47-4;3-2(4,5)1(6)7/h7-16,18,20,23,31H,5-6,17,19,21-22H2,1-4H3,(H2-2,37,38,41,42,43);(H,6,7)/p+2/b39-28+;/t31-,40?;/m0./s1. The van der Waals surface area contributed by atoms with Gasteiger partial charge in [-0.05, 0) is 84.1 Å². The van der Waals surface area contributed by atoms with Gasteiger partial charge in [0.25, 0.3) is 5.91 Å². The van der Waals surface area contributed by atoms with Crippen molar-refractivity contribution in [2.24, 2.45) is 5.73 Å². The van der Waals surface area contributed by atoms with E-state index >= 15 is 0 Å². The minimum Gasteiger partial charge on any atom is -0.508 e. The molecule has 0 bridgehead atoms. The predicted octanol–water partition coefficient (Wildman–Crippen LogP) is 5.70. The summed E-state index contributed by atoms with van der Waals surface area (Å²) in [7, 11) is 1.27. The summed E-state index contributed by atoms with van der Waals surface area (Å²) in [6.45, 7) is 3.73. The topological polar surface area (TPSA) is 195 Å². The lowest BCUT2D eigenvalue weighted by atomic mass is 10.0. The van der Waals surface area contributed by atoms with Crippen molar-refractivity contribution in [2.75, 3.05) is 39.7 Å². The number of carboxylic acids is 1. The van der Waals surface area contributed by atoms with E-state index in [4.69, 9.17) is 29.3 Å². The van der Waals surface area contributed by atoms with Gasteiger partial charge in [0.1, 0.15) is 36.0 Å². The van der Waals surface area contributed by atoms with Gasteiger partial charge in [-0.25, -0.2) is 10.1 Å². The molecule has 3 amide bonds. The molecule has 0 radical (unpaired) electrons. The largest absolute Gasteiger partial charge is 0.508 e. The smallest absolute Gasteiger partial charge is 0.496 e. The maximum absolute atomic E-state index is 14.2. The number of alkyl halides is 3. The van der Waals surface area contributed by atoms with E-state index in [1.807, 2.05) is 18.2 Å². The van der Waals surface area contributed by atoms with Gasteiger partial charge in [-0.2, -0.15) is 31.0 Å². The number of carbonyl (C=O) groups is 3. The van der Waals surface area contributed by atoms with E-state index in [0.717, 1.165) is 41.1 Å². The second-order valence-corrected chi connectivity index (χ2v) is 16.1. The van der Waals surface area contributed by atoms with E-state index in [2.05, 4.69) is 12.4 Å². The number of halogens is 3. The summed E-state index contributed by atoms with van der Waals surface area (Å²) in [6, 6.07) is 18.1. The number of primary amides is 1. The number of urea groups is 1. The number of amides is 3. The van der Waals surface area contributed by atoms with Crippen molar-refractivity contribution < 1.29 is 68.9 Å². The molecule has 5 rings (SSSR count). The van der Waals surface area contributed by atoms with Crippen LogP contribution in [0.2, 0.25) is 0 Å². The first-order valence-corrected chi connectivity index (χ1v) is 19.5. The van der Waals surface area contributed by atoms with Gasteiger partial charge in [0.2, 0.25) is 0 Å². The van der Waals surface area contributed by atoms with E-state index in [9.17, 15) is 36.3 Å². The number of rotatable bonds is 12. The molecular formula is C38H43F3N4O10S2+2. The zero-order chi connectivity index (χ0) is 42.1. The Morgan fingerprint density at radius 1 is 0.982 bits per heavy atom. The number of aryl methyl sites for hydroxylation is 1. The van der Waals surface area contributed by atoms with Crippen molar-refractivity contribution in [3.05, 3.63) is 94.9 Å².